The third kappa shape index (κ3) is 7.07. The van der Waals surface area contributed by atoms with Gasteiger partial charge in [0.2, 0.25) is 17.7 Å². The van der Waals surface area contributed by atoms with Gasteiger partial charge in [0.25, 0.3) is 0 Å². The van der Waals surface area contributed by atoms with Gasteiger partial charge >= 0.3 is 0 Å². The van der Waals surface area contributed by atoms with Crippen LogP contribution in [0.3, 0.4) is 0 Å². The second kappa shape index (κ2) is 11.1. The van der Waals surface area contributed by atoms with E-state index in [9.17, 15) is 14.4 Å². The van der Waals surface area contributed by atoms with E-state index < -0.39 is 12.1 Å². The summed E-state index contributed by atoms with van der Waals surface area (Å²) in [5.74, 6) is 0.215. The minimum Gasteiger partial charge on any atom is -0.353 e. The van der Waals surface area contributed by atoms with Crippen LogP contribution in [0.25, 0.3) is 0 Å². The summed E-state index contributed by atoms with van der Waals surface area (Å²) in [5, 5.41) is 5.60. The maximum Gasteiger partial charge on any atom is 0.246 e. The van der Waals surface area contributed by atoms with E-state index in [4.69, 9.17) is 5.73 Å². The minimum atomic E-state index is -0.620. The van der Waals surface area contributed by atoms with E-state index in [0.29, 0.717) is 26.1 Å². The summed E-state index contributed by atoms with van der Waals surface area (Å²) in [7, 11) is 0. The van der Waals surface area contributed by atoms with Crippen LogP contribution in [0, 0.1) is 5.92 Å². The number of nitrogens with two attached hydrogens (primary N) is 1. The number of nitrogens with zero attached hydrogens (tertiary/aromatic N) is 1. The summed E-state index contributed by atoms with van der Waals surface area (Å²) in [6.07, 6.45) is 6.61. The summed E-state index contributed by atoms with van der Waals surface area (Å²) >= 11 is 1.63. The van der Waals surface area contributed by atoms with Gasteiger partial charge in [-0.25, -0.2) is 0 Å². The Morgan fingerprint density at radius 2 is 2.12 bits per heavy atom. The van der Waals surface area contributed by atoms with Crippen molar-refractivity contribution in [2.24, 2.45) is 11.7 Å². The number of rotatable bonds is 11. The molecule has 0 fully saturated rings. The van der Waals surface area contributed by atoms with Crippen LogP contribution in [0.2, 0.25) is 0 Å². The van der Waals surface area contributed by atoms with E-state index in [1.165, 1.54) is 6.08 Å². The molecule has 1 aliphatic heterocycles. The van der Waals surface area contributed by atoms with Crippen LogP contribution in [0.1, 0.15) is 26.7 Å². The number of amides is 3. The standard InChI is InChI=1S/C17H30N4O3S/c1-4-12(2)15(20-16(23)13(18)7-11-25-3)17(24)19-8-10-21-9-5-6-14(21)22/h5-6,12-13,15H,4,7-11,18H2,1-3H3,(H,19,24)(H,20,23)/t12-,13-,15-/m0/s1. The largest absolute Gasteiger partial charge is 0.353 e. The van der Waals surface area contributed by atoms with Crippen molar-refractivity contribution in [1.82, 2.24) is 15.5 Å². The first kappa shape index (κ1) is 21.5. The quantitative estimate of drug-likeness (QED) is 0.479. The average Bonchev–Trinajstić information content (AvgIpc) is 3.01. The zero-order valence-electron chi connectivity index (χ0n) is 15.3. The lowest BCUT2D eigenvalue weighted by atomic mass is 9.97. The maximum atomic E-state index is 12.5. The summed E-state index contributed by atoms with van der Waals surface area (Å²) in [4.78, 5) is 37.9. The minimum absolute atomic E-state index is 0.00761. The highest BCUT2D eigenvalue weighted by atomic mass is 32.2. The predicted molar refractivity (Wildman–Crippen MR) is 101 cm³/mol. The van der Waals surface area contributed by atoms with Gasteiger partial charge in [-0.2, -0.15) is 11.8 Å². The molecule has 0 saturated heterocycles. The third-order valence-electron chi connectivity index (χ3n) is 4.34. The van der Waals surface area contributed by atoms with Gasteiger partial charge in [0.1, 0.15) is 6.04 Å². The normalized spacial score (nSPS) is 17.3. The topological polar surface area (TPSA) is 105 Å². The highest BCUT2D eigenvalue weighted by Gasteiger charge is 2.27. The van der Waals surface area contributed by atoms with Crippen LogP contribution in [-0.2, 0) is 14.4 Å². The van der Waals surface area contributed by atoms with Crippen molar-refractivity contribution in [1.29, 1.82) is 0 Å². The van der Waals surface area contributed by atoms with E-state index in [0.717, 1.165) is 12.2 Å². The van der Waals surface area contributed by atoms with E-state index >= 15 is 0 Å². The van der Waals surface area contributed by atoms with Crippen LogP contribution in [-0.4, -0.2) is 66.3 Å². The van der Waals surface area contributed by atoms with Crippen LogP contribution < -0.4 is 16.4 Å². The second-order valence-corrected chi connectivity index (χ2v) is 7.22. The van der Waals surface area contributed by atoms with Gasteiger partial charge in [-0.3, -0.25) is 14.4 Å². The Morgan fingerprint density at radius 3 is 2.68 bits per heavy atom. The molecule has 142 valence electrons. The van der Waals surface area contributed by atoms with Gasteiger partial charge in [0.05, 0.1) is 6.04 Å². The Hall–Kier alpha value is -1.54. The molecule has 1 heterocycles. The molecule has 8 heteroatoms. The second-order valence-electron chi connectivity index (χ2n) is 6.24. The molecular weight excluding hydrogens is 340 g/mol. The molecule has 0 spiro atoms. The number of thioether (sulfide) groups is 1. The Kier molecular flexibility index (Phi) is 9.59. The van der Waals surface area contributed by atoms with E-state index in [1.807, 2.05) is 20.1 Å². The Balaban J connectivity index is 2.51. The molecule has 0 aliphatic carbocycles. The SMILES string of the molecule is CC[C@H](C)[C@H](NC(=O)[C@@H](N)CCSC)C(=O)NCCN1CC=CC1=O. The molecule has 0 radical (unpaired) electrons. The molecule has 7 nitrogen and oxygen atoms in total. The molecule has 25 heavy (non-hydrogen) atoms. The molecule has 3 amide bonds. The summed E-state index contributed by atoms with van der Waals surface area (Å²) in [6.45, 7) is 5.27. The molecule has 3 atom stereocenters. The van der Waals surface area contributed by atoms with Crippen LogP contribution in [0.15, 0.2) is 12.2 Å². The lowest BCUT2D eigenvalue weighted by molar-refractivity contribution is -0.131. The zero-order valence-corrected chi connectivity index (χ0v) is 16.1. The monoisotopic (exact) mass is 370 g/mol. The van der Waals surface area contributed by atoms with Gasteiger partial charge in [-0.15, -0.1) is 0 Å². The lowest BCUT2D eigenvalue weighted by Gasteiger charge is -2.25. The van der Waals surface area contributed by atoms with Gasteiger partial charge in [0.15, 0.2) is 0 Å². The van der Waals surface area contributed by atoms with Crippen molar-refractivity contribution >= 4 is 29.5 Å². The molecule has 0 saturated carbocycles. The molecular formula is C17H30N4O3S. The van der Waals surface area contributed by atoms with Crippen molar-refractivity contribution in [3.63, 3.8) is 0 Å². The van der Waals surface area contributed by atoms with Gasteiger partial charge < -0.3 is 21.3 Å². The highest BCUT2D eigenvalue weighted by molar-refractivity contribution is 7.98. The first-order valence-corrected chi connectivity index (χ1v) is 10.1. The van der Waals surface area contributed by atoms with Crippen molar-refractivity contribution in [2.75, 3.05) is 31.6 Å². The van der Waals surface area contributed by atoms with E-state index in [-0.39, 0.29) is 23.6 Å². The first-order valence-electron chi connectivity index (χ1n) is 8.68. The third-order valence-corrected chi connectivity index (χ3v) is 4.99. The van der Waals surface area contributed by atoms with Gasteiger partial charge in [-0.05, 0) is 24.3 Å². The molecule has 1 rings (SSSR count). The number of nitrogens with one attached hydrogen (secondary N) is 2. The smallest absolute Gasteiger partial charge is 0.246 e. The Bertz CT molecular complexity index is 498. The highest BCUT2D eigenvalue weighted by Crippen LogP contribution is 2.09. The molecule has 0 aromatic carbocycles. The molecule has 1 aliphatic rings. The molecule has 0 aromatic rings. The Morgan fingerprint density at radius 1 is 1.40 bits per heavy atom. The number of carbonyl (C=O) groups is 3. The van der Waals surface area contributed by atoms with Crippen LogP contribution in [0.4, 0.5) is 0 Å². The zero-order chi connectivity index (χ0) is 18.8. The summed E-state index contributed by atoms with van der Waals surface area (Å²) in [5.41, 5.74) is 5.88. The predicted octanol–water partition coefficient (Wildman–Crippen LogP) is 0.112. The first-order chi connectivity index (χ1) is 11.9. The van der Waals surface area contributed by atoms with Crippen molar-refractivity contribution in [3.8, 4) is 0 Å². The summed E-state index contributed by atoms with van der Waals surface area (Å²) < 4.78 is 0. The molecule has 0 unspecified atom stereocenters. The van der Waals surface area contributed by atoms with Crippen LogP contribution >= 0.6 is 11.8 Å². The van der Waals surface area contributed by atoms with Gasteiger partial charge in [0, 0.05) is 25.7 Å². The fraction of sp³-hybridized carbons (Fsp3) is 0.706. The maximum absolute atomic E-state index is 12.5. The lowest BCUT2D eigenvalue weighted by Crippen LogP contribution is -2.54. The van der Waals surface area contributed by atoms with E-state index in [1.54, 1.807) is 22.7 Å². The average molecular weight is 371 g/mol. The molecule has 4 N–H and O–H groups in total. The molecule has 0 bridgehead atoms. The number of carbonyl (C=O) groups excluding carboxylic acids is 3. The fourth-order valence-corrected chi connectivity index (χ4v) is 2.93. The Labute approximate surface area is 154 Å². The van der Waals surface area contributed by atoms with Crippen molar-refractivity contribution < 1.29 is 14.4 Å². The number of hydrogen-bond donors (Lipinski definition) is 3. The van der Waals surface area contributed by atoms with Gasteiger partial charge in [-0.1, -0.05) is 26.3 Å². The fourth-order valence-electron chi connectivity index (χ4n) is 2.44. The van der Waals surface area contributed by atoms with Crippen molar-refractivity contribution in [2.45, 2.75) is 38.8 Å². The summed E-state index contributed by atoms with van der Waals surface area (Å²) in [6, 6.07) is -1.23. The number of hydrogen-bond acceptors (Lipinski definition) is 5. The molecule has 0 aromatic heterocycles. The van der Waals surface area contributed by atoms with Crippen LogP contribution in [0.5, 0.6) is 0 Å². The van der Waals surface area contributed by atoms with E-state index in [2.05, 4.69) is 10.6 Å². The van der Waals surface area contributed by atoms with Crippen molar-refractivity contribution in [3.05, 3.63) is 12.2 Å².